The van der Waals surface area contributed by atoms with Gasteiger partial charge in [0.2, 0.25) is 0 Å². The van der Waals surface area contributed by atoms with Gasteiger partial charge in [-0.05, 0) is 67.6 Å². The van der Waals surface area contributed by atoms with E-state index >= 15 is 0 Å². The molecular weight excluding hydrogens is 374 g/mol. The Kier molecular flexibility index (Phi) is 5.17. The number of hydrogen-bond acceptors (Lipinski definition) is 4. The lowest BCUT2D eigenvalue weighted by Gasteiger charge is -2.35. The number of aromatic nitrogens is 1. The third kappa shape index (κ3) is 3.36. The van der Waals surface area contributed by atoms with E-state index < -0.39 is 0 Å². The molecule has 1 fully saturated rings. The fourth-order valence-corrected chi connectivity index (χ4v) is 5.37. The highest BCUT2D eigenvalue weighted by Gasteiger charge is 2.43. The minimum absolute atomic E-state index is 0.0459. The largest absolute Gasteiger partial charge is 0.497 e. The van der Waals surface area contributed by atoms with Gasteiger partial charge in [0.1, 0.15) is 11.5 Å². The Morgan fingerprint density at radius 3 is 2.87 bits per heavy atom. The second kappa shape index (κ2) is 7.97. The summed E-state index contributed by atoms with van der Waals surface area (Å²) < 4.78 is 11.0. The van der Waals surface area contributed by atoms with E-state index in [1.54, 1.807) is 14.2 Å². The number of rotatable bonds is 6. The van der Waals surface area contributed by atoms with Crippen molar-refractivity contribution in [2.45, 2.75) is 31.2 Å². The smallest absolute Gasteiger partial charge is 0.122 e. The minimum atomic E-state index is 0.0459. The van der Waals surface area contributed by atoms with Crippen molar-refractivity contribution in [1.82, 2.24) is 15.2 Å². The van der Waals surface area contributed by atoms with Crippen LogP contribution in [-0.2, 0) is 18.4 Å². The van der Waals surface area contributed by atoms with E-state index in [9.17, 15) is 0 Å². The van der Waals surface area contributed by atoms with Crippen molar-refractivity contribution in [3.8, 4) is 11.5 Å². The lowest BCUT2D eigenvalue weighted by Crippen LogP contribution is -2.49. The average molecular weight is 406 g/mol. The van der Waals surface area contributed by atoms with Crippen LogP contribution < -0.4 is 14.8 Å². The molecule has 1 saturated heterocycles. The van der Waals surface area contributed by atoms with E-state index in [-0.39, 0.29) is 5.54 Å². The molecule has 2 N–H and O–H groups in total. The predicted octanol–water partition coefficient (Wildman–Crippen LogP) is 3.86. The highest BCUT2D eigenvalue weighted by atomic mass is 16.5. The molecule has 2 aromatic carbocycles. The van der Waals surface area contributed by atoms with Gasteiger partial charge in [-0.3, -0.25) is 0 Å². The molecule has 158 valence electrons. The third-order valence-electron chi connectivity index (χ3n) is 6.89. The summed E-state index contributed by atoms with van der Waals surface area (Å²) >= 11 is 0. The molecule has 1 aromatic heterocycles. The van der Waals surface area contributed by atoms with E-state index in [0.29, 0.717) is 0 Å². The molecule has 3 heterocycles. The van der Waals surface area contributed by atoms with Crippen LogP contribution in [0.3, 0.4) is 0 Å². The Labute approximate surface area is 178 Å². The first-order chi connectivity index (χ1) is 14.7. The van der Waals surface area contributed by atoms with Crippen LogP contribution in [0.15, 0.2) is 42.5 Å². The van der Waals surface area contributed by atoms with Crippen molar-refractivity contribution in [2.75, 3.05) is 40.4 Å². The number of aromatic amines is 1. The first-order valence-corrected chi connectivity index (χ1v) is 11.0. The molecule has 0 aliphatic carbocycles. The molecular formula is C25H31N3O2. The number of H-pyrrole nitrogens is 1. The topological polar surface area (TPSA) is 49.5 Å². The molecule has 5 nitrogen and oxygen atoms in total. The number of methoxy groups -OCH3 is 2. The molecule has 0 saturated carbocycles. The molecule has 3 aromatic rings. The monoisotopic (exact) mass is 405 g/mol. The minimum Gasteiger partial charge on any atom is -0.497 e. The van der Waals surface area contributed by atoms with Crippen molar-refractivity contribution in [3.05, 3.63) is 59.3 Å². The molecule has 2 aliphatic heterocycles. The van der Waals surface area contributed by atoms with Crippen molar-refractivity contribution in [2.24, 2.45) is 0 Å². The number of fused-ring (bicyclic) bond motifs is 4. The summed E-state index contributed by atoms with van der Waals surface area (Å²) in [6.45, 7) is 4.35. The summed E-state index contributed by atoms with van der Waals surface area (Å²) in [5.74, 6) is 1.93. The van der Waals surface area contributed by atoms with Crippen LogP contribution in [0.4, 0.5) is 0 Å². The first kappa shape index (κ1) is 19.5. The standard InChI is InChI=1S/C25H31N3O2/c1-29-19-9-10-22-21(16-19)20-11-13-26-25(24(20)27-22)12-15-28(17-25)14-5-7-18-6-3-4-8-23(18)30-2/h3-4,6,8-10,16,26-27H,5,7,11-15,17H2,1-2H3. The van der Waals surface area contributed by atoms with Gasteiger partial charge in [-0.25, -0.2) is 0 Å². The van der Waals surface area contributed by atoms with Gasteiger partial charge in [-0.15, -0.1) is 0 Å². The van der Waals surface area contributed by atoms with Crippen molar-refractivity contribution in [3.63, 3.8) is 0 Å². The third-order valence-corrected chi connectivity index (χ3v) is 6.89. The number of hydrogen-bond donors (Lipinski definition) is 2. The SMILES string of the molecule is COc1ccc2[nH]c3c(c2c1)CCNC31CCN(CCCc2ccccc2OC)C1. The van der Waals surface area contributed by atoms with E-state index in [2.05, 4.69) is 45.5 Å². The molecule has 0 amide bonds. The predicted molar refractivity (Wildman–Crippen MR) is 121 cm³/mol. The van der Waals surface area contributed by atoms with Crippen LogP contribution in [0.1, 0.15) is 29.7 Å². The molecule has 1 spiro atoms. The van der Waals surface area contributed by atoms with Crippen LogP contribution in [0.5, 0.6) is 11.5 Å². The number of aryl methyl sites for hydroxylation is 1. The summed E-state index contributed by atoms with van der Waals surface area (Å²) in [5, 5.41) is 5.19. The molecule has 5 heteroatoms. The van der Waals surface area contributed by atoms with Crippen LogP contribution in [0.25, 0.3) is 10.9 Å². The number of nitrogens with zero attached hydrogens (tertiary/aromatic N) is 1. The Bertz CT molecular complexity index is 1040. The first-order valence-electron chi connectivity index (χ1n) is 11.0. The number of para-hydroxylation sites is 1. The van der Waals surface area contributed by atoms with Gasteiger partial charge in [0.15, 0.2) is 0 Å². The Hall–Kier alpha value is -2.50. The summed E-state index contributed by atoms with van der Waals surface area (Å²) in [7, 11) is 3.49. The Morgan fingerprint density at radius 2 is 2.00 bits per heavy atom. The lowest BCUT2D eigenvalue weighted by atomic mass is 9.86. The van der Waals surface area contributed by atoms with Crippen molar-refractivity contribution < 1.29 is 9.47 Å². The maximum Gasteiger partial charge on any atom is 0.122 e. The van der Waals surface area contributed by atoms with Gasteiger partial charge in [-0.1, -0.05) is 18.2 Å². The van der Waals surface area contributed by atoms with E-state index in [0.717, 1.165) is 63.4 Å². The number of ether oxygens (including phenoxy) is 2. The van der Waals surface area contributed by atoms with Crippen LogP contribution >= 0.6 is 0 Å². The van der Waals surface area contributed by atoms with Gasteiger partial charge in [0.05, 0.1) is 19.8 Å². The molecule has 30 heavy (non-hydrogen) atoms. The summed E-state index contributed by atoms with van der Waals surface area (Å²) in [5.41, 5.74) is 5.43. The zero-order valence-corrected chi connectivity index (χ0v) is 18.0. The normalized spacial score (nSPS) is 21.3. The molecule has 2 aliphatic rings. The fourth-order valence-electron chi connectivity index (χ4n) is 5.37. The van der Waals surface area contributed by atoms with Crippen LogP contribution in [-0.4, -0.2) is 50.3 Å². The maximum absolute atomic E-state index is 5.51. The number of likely N-dealkylation sites (tertiary alicyclic amines) is 1. The van der Waals surface area contributed by atoms with Crippen LogP contribution in [0.2, 0.25) is 0 Å². The summed E-state index contributed by atoms with van der Waals surface area (Å²) in [6.07, 6.45) is 4.42. The zero-order chi connectivity index (χ0) is 20.6. The lowest BCUT2D eigenvalue weighted by molar-refractivity contribution is 0.268. The Balaban J connectivity index is 1.31. The highest BCUT2D eigenvalue weighted by Crippen LogP contribution is 2.40. The molecule has 5 rings (SSSR count). The molecule has 0 radical (unpaired) electrons. The Morgan fingerprint density at radius 1 is 1.10 bits per heavy atom. The molecule has 1 atom stereocenters. The molecule has 0 bridgehead atoms. The van der Waals surface area contributed by atoms with E-state index in [1.807, 2.05) is 12.1 Å². The van der Waals surface area contributed by atoms with Gasteiger partial charge >= 0.3 is 0 Å². The maximum atomic E-state index is 5.51. The highest BCUT2D eigenvalue weighted by molar-refractivity contribution is 5.86. The van der Waals surface area contributed by atoms with Gasteiger partial charge in [-0.2, -0.15) is 0 Å². The molecule has 1 unspecified atom stereocenters. The van der Waals surface area contributed by atoms with E-state index in [4.69, 9.17) is 9.47 Å². The second-order valence-electron chi connectivity index (χ2n) is 8.59. The zero-order valence-electron chi connectivity index (χ0n) is 18.0. The van der Waals surface area contributed by atoms with E-state index in [1.165, 1.54) is 27.7 Å². The second-order valence-corrected chi connectivity index (χ2v) is 8.59. The number of benzene rings is 2. The fraction of sp³-hybridized carbons (Fsp3) is 0.440. The quantitative estimate of drug-likeness (QED) is 0.654. The number of nitrogens with one attached hydrogen (secondary N) is 2. The van der Waals surface area contributed by atoms with Crippen molar-refractivity contribution >= 4 is 10.9 Å². The average Bonchev–Trinajstić information content (AvgIpc) is 3.36. The van der Waals surface area contributed by atoms with Gasteiger partial charge < -0.3 is 24.7 Å². The van der Waals surface area contributed by atoms with Gasteiger partial charge in [0.25, 0.3) is 0 Å². The summed E-state index contributed by atoms with van der Waals surface area (Å²) in [4.78, 5) is 6.37. The van der Waals surface area contributed by atoms with Crippen molar-refractivity contribution in [1.29, 1.82) is 0 Å². The van der Waals surface area contributed by atoms with Gasteiger partial charge in [0, 0.05) is 36.2 Å². The summed E-state index contributed by atoms with van der Waals surface area (Å²) in [6, 6.07) is 14.7. The van der Waals surface area contributed by atoms with Crippen LogP contribution in [0, 0.1) is 0 Å².